The zero-order chi connectivity index (χ0) is 11.4. The van der Waals surface area contributed by atoms with Crippen molar-refractivity contribution in [3.8, 4) is 0 Å². The van der Waals surface area contributed by atoms with Crippen LogP contribution in [0.5, 0.6) is 0 Å². The maximum absolute atomic E-state index is 12.8. The maximum atomic E-state index is 12.8. The number of hydrogen-bond donors (Lipinski definition) is 0. The average Bonchev–Trinajstić information content (AvgIpc) is 2.32. The highest BCUT2D eigenvalue weighted by Gasteiger charge is 2.02. The van der Waals surface area contributed by atoms with Crippen molar-refractivity contribution in [3.05, 3.63) is 59.1 Å². The van der Waals surface area contributed by atoms with Crippen LogP contribution < -0.4 is 0 Å². The lowest BCUT2D eigenvalue weighted by Crippen LogP contribution is -1.85. The zero-order valence-corrected chi connectivity index (χ0v) is 9.93. The summed E-state index contributed by atoms with van der Waals surface area (Å²) >= 11 is 7.23. The van der Waals surface area contributed by atoms with E-state index in [-0.39, 0.29) is 5.02 Å². The molecule has 0 amide bonds. The third-order valence-electron chi connectivity index (χ3n) is 2.02. The van der Waals surface area contributed by atoms with E-state index in [1.54, 1.807) is 17.8 Å². The maximum Gasteiger partial charge on any atom is 0.231 e. The predicted molar refractivity (Wildman–Crippen MR) is 65.2 cm³/mol. The summed E-state index contributed by atoms with van der Waals surface area (Å²) in [6, 6.07) is 11.6. The molecule has 1 heterocycles. The lowest BCUT2D eigenvalue weighted by atomic mass is 10.2. The predicted octanol–water partition coefficient (Wildman–Crippen LogP) is 4.17. The number of benzene rings is 1. The number of pyridine rings is 1. The molecule has 0 saturated heterocycles. The molecule has 0 fully saturated rings. The van der Waals surface area contributed by atoms with Crippen LogP contribution in [0.25, 0.3) is 0 Å². The first kappa shape index (κ1) is 11.4. The molecule has 16 heavy (non-hydrogen) atoms. The van der Waals surface area contributed by atoms with E-state index in [1.807, 2.05) is 30.3 Å². The van der Waals surface area contributed by atoms with E-state index in [4.69, 9.17) is 11.6 Å². The molecule has 2 rings (SSSR count). The third kappa shape index (κ3) is 2.97. The summed E-state index contributed by atoms with van der Waals surface area (Å²) in [6.07, 6.45) is 1.49. The van der Waals surface area contributed by atoms with Gasteiger partial charge in [0.2, 0.25) is 5.95 Å². The molecule has 1 aromatic heterocycles. The van der Waals surface area contributed by atoms with Gasteiger partial charge in [-0.15, -0.1) is 11.8 Å². The number of rotatable bonds is 3. The molecule has 0 spiro atoms. The normalized spacial score (nSPS) is 10.4. The van der Waals surface area contributed by atoms with Crippen LogP contribution in [-0.2, 0) is 5.75 Å². The van der Waals surface area contributed by atoms with E-state index in [9.17, 15) is 4.39 Å². The van der Waals surface area contributed by atoms with Gasteiger partial charge in [0.05, 0.1) is 5.02 Å². The van der Waals surface area contributed by atoms with E-state index < -0.39 is 5.95 Å². The summed E-state index contributed by atoms with van der Waals surface area (Å²) in [4.78, 5) is 4.44. The van der Waals surface area contributed by atoms with Crippen LogP contribution in [0, 0.1) is 5.95 Å². The molecule has 0 atom stereocenters. The summed E-state index contributed by atoms with van der Waals surface area (Å²) in [5.41, 5.74) is 1.22. The second-order valence-corrected chi connectivity index (χ2v) is 4.67. The van der Waals surface area contributed by atoms with Crippen LogP contribution in [0.15, 0.2) is 47.5 Å². The molecule has 0 aliphatic rings. The van der Waals surface area contributed by atoms with Crippen molar-refractivity contribution in [1.29, 1.82) is 0 Å². The zero-order valence-electron chi connectivity index (χ0n) is 8.36. The van der Waals surface area contributed by atoms with Gasteiger partial charge >= 0.3 is 0 Å². The summed E-state index contributed by atoms with van der Waals surface area (Å²) in [5, 5.41) is 0.0676. The Morgan fingerprint density at radius 3 is 2.69 bits per heavy atom. The monoisotopic (exact) mass is 253 g/mol. The van der Waals surface area contributed by atoms with Crippen molar-refractivity contribution in [2.24, 2.45) is 0 Å². The minimum Gasteiger partial charge on any atom is -0.226 e. The molecule has 0 aliphatic carbocycles. The molecule has 1 aromatic carbocycles. The van der Waals surface area contributed by atoms with E-state index in [0.29, 0.717) is 0 Å². The largest absolute Gasteiger partial charge is 0.231 e. The summed E-state index contributed by atoms with van der Waals surface area (Å²) in [7, 11) is 0. The Hall–Kier alpha value is -1.06. The Morgan fingerprint density at radius 1 is 1.25 bits per heavy atom. The fourth-order valence-electron chi connectivity index (χ4n) is 1.22. The van der Waals surface area contributed by atoms with Crippen molar-refractivity contribution in [2.75, 3.05) is 0 Å². The van der Waals surface area contributed by atoms with Crippen molar-refractivity contribution in [1.82, 2.24) is 4.98 Å². The Morgan fingerprint density at radius 2 is 2.00 bits per heavy atom. The molecular weight excluding hydrogens is 245 g/mol. The molecule has 0 bridgehead atoms. The number of aromatic nitrogens is 1. The Labute approximate surface area is 103 Å². The van der Waals surface area contributed by atoms with Crippen molar-refractivity contribution in [3.63, 3.8) is 0 Å². The van der Waals surface area contributed by atoms with Crippen LogP contribution in [0.2, 0.25) is 5.02 Å². The Kier molecular flexibility index (Phi) is 3.80. The number of thioether (sulfide) groups is 1. The van der Waals surface area contributed by atoms with Gasteiger partial charge < -0.3 is 0 Å². The Bertz CT molecular complexity index is 476. The minimum atomic E-state index is -0.620. The quantitative estimate of drug-likeness (QED) is 0.602. The van der Waals surface area contributed by atoms with Crippen LogP contribution in [-0.4, -0.2) is 4.98 Å². The van der Waals surface area contributed by atoms with Crippen LogP contribution in [0.4, 0.5) is 4.39 Å². The van der Waals surface area contributed by atoms with Gasteiger partial charge in [-0.1, -0.05) is 41.9 Å². The van der Waals surface area contributed by atoms with E-state index in [2.05, 4.69) is 4.98 Å². The van der Waals surface area contributed by atoms with Crippen molar-refractivity contribution in [2.45, 2.75) is 10.6 Å². The van der Waals surface area contributed by atoms with Gasteiger partial charge in [-0.2, -0.15) is 4.39 Å². The van der Waals surface area contributed by atoms with Crippen molar-refractivity contribution >= 4 is 23.4 Å². The average molecular weight is 254 g/mol. The highest BCUT2D eigenvalue weighted by atomic mass is 35.5. The minimum absolute atomic E-state index is 0.0676. The van der Waals surface area contributed by atoms with Gasteiger partial charge in [0.1, 0.15) is 0 Å². The second kappa shape index (κ2) is 5.32. The van der Waals surface area contributed by atoms with E-state index >= 15 is 0 Å². The van der Waals surface area contributed by atoms with E-state index in [1.165, 1.54) is 11.8 Å². The van der Waals surface area contributed by atoms with Crippen LogP contribution in [0.3, 0.4) is 0 Å². The first-order valence-electron chi connectivity index (χ1n) is 4.73. The fraction of sp³-hybridized carbons (Fsp3) is 0.0833. The molecule has 0 unspecified atom stereocenters. The molecule has 0 radical (unpaired) electrons. The molecule has 0 saturated carbocycles. The van der Waals surface area contributed by atoms with Gasteiger partial charge in [0.25, 0.3) is 0 Å². The fourth-order valence-corrected chi connectivity index (χ4v) is 2.31. The summed E-state index contributed by atoms with van der Waals surface area (Å²) in [6.45, 7) is 0. The molecule has 82 valence electrons. The number of halogens is 2. The van der Waals surface area contributed by atoms with Crippen LogP contribution >= 0.6 is 23.4 Å². The molecule has 1 nitrogen and oxygen atoms in total. The first-order valence-corrected chi connectivity index (χ1v) is 6.10. The molecule has 4 heteroatoms. The molecular formula is C12H9ClFNS. The molecule has 2 aromatic rings. The molecule has 0 aliphatic heterocycles. The van der Waals surface area contributed by atoms with Gasteiger partial charge in [-0.05, 0) is 11.6 Å². The Balaban J connectivity index is 2.03. The lowest BCUT2D eigenvalue weighted by Gasteiger charge is -2.02. The van der Waals surface area contributed by atoms with Gasteiger partial charge in [-0.25, -0.2) is 4.98 Å². The summed E-state index contributed by atoms with van der Waals surface area (Å²) < 4.78 is 12.8. The SMILES string of the molecule is Fc1ncc(SCc2ccccc2)cc1Cl. The topological polar surface area (TPSA) is 12.9 Å². The molecule has 0 N–H and O–H groups in total. The highest BCUT2D eigenvalue weighted by Crippen LogP contribution is 2.25. The van der Waals surface area contributed by atoms with E-state index in [0.717, 1.165) is 10.6 Å². The van der Waals surface area contributed by atoms with Gasteiger partial charge in [0.15, 0.2) is 0 Å². The highest BCUT2D eigenvalue weighted by molar-refractivity contribution is 7.98. The van der Waals surface area contributed by atoms with Gasteiger partial charge in [0, 0.05) is 16.8 Å². The number of nitrogens with zero attached hydrogens (tertiary/aromatic N) is 1. The van der Waals surface area contributed by atoms with Crippen molar-refractivity contribution < 1.29 is 4.39 Å². The summed E-state index contributed by atoms with van der Waals surface area (Å²) in [5.74, 6) is 0.204. The van der Waals surface area contributed by atoms with Crippen LogP contribution in [0.1, 0.15) is 5.56 Å². The smallest absolute Gasteiger partial charge is 0.226 e. The first-order chi connectivity index (χ1) is 7.75. The second-order valence-electron chi connectivity index (χ2n) is 3.22. The van der Waals surface area contributed by atoms with Gasteiger partial charge in [-0.3, -0.25) is 0 Å². The third-order valence-corrected chi connectivity index (χ3v) is 3.32. The standard InChI is InChI=1S/C12H9ClFNS/c13-11-6-10(7-15-12(11)14)16-8-9-4-2-1-3-5-9/h1-7H,8H2. The number of hydrogen-bond acceptors (Lipinski definition) is 2. The lowest BCUT2D eigenvalue weighted by molar-refractivity contribution is 0.582.